The molecule has 6 heteroatoms. The zero-order chi connectivity index (χ0) is 14.7. The van der Waals surface area contributed by atoms with Crippen LogP contribution in [0, 0.1) is 0 Å². The second-order valence-electron chi connectivity index (χ2n) is 4.75. The van der Waals surface area contributed by atoms with Crippen molar-refractivity contribution in [2.45, 2.75) is 13.5 Å². The van der Waals surface area contributed by atoms with Crippen LogP contribution in [-0.4, -0.2) is 48.4 Å². The molecule has 6 nitrogen and oxygen atoms in total. The van der Waals surface area contributed by atoms with Gasteiger partial charge in [0.1, 0.15) is 5.75 Å². The average molecular weight is 277 g/mol. The molecule has 2 amide bonds. The Balaban J connectivity index is 2.19. The van der Waals surface area contributed by atoms with Gasteiger partial charge in [-0.15, -0.1) is 0 Å². The molecule has 1 saturated heterocycles. The fraction of sp³-hybridized carbons (Fsp3) is 0.429. The van der Waals surface area contributed by atoms with E-state index in [0.717, 1.165) is 5.56 Å². The molecule has 1 aromatic carbocycles. The third-order valence-corrected chi connectivity index (χ3v) is 3.27. The van der Waals surface area contributed by atoms with Crippen LogP contribution in [0.2, 0.25) is 0 Å². The quantitative estimate of drug-likeness (QED) is 0.641. The van der Waals surface area contributed by atoms with Crippen LogP contribution >= 0.6 is 0 Å². The van der Waals surface area contributed by atoms with Gasteiger partial charge in [0.25, 0.3) is 0 Å². The molecule has 0 spiro atoms. The van der Waals surface area contributed by atoms with Crippen molar-refractivity contribution in [2.75, 3.05) is 32.5 Å². The maximum absolute atomic E-state index is 12.0. The highest BCUT2D eigenvalue weighted by Gasteiger charge is 2.30. The Bertz CT molecular complexity index is 530. The van der Waals surface area contributed by atoms with Crippen LogP contribution in [0.25, 0.3) is 0 Å². The van der Waals surface area contributed by atoms with Gasteiger partial charge < -0.3 is 20.3 Å². The zero-order valence-electron chi connectivity index (χ0n) is 11.8. The molecule has 0 saturated carbocycles. The van der Waals surface area contributed by atoms with Crippen molar-refractivity contribution >= 4 is 17.5 Å². The third-order valence-electron chi connectivity index (χ3n) is 3.27. The minimum atomic E-state index is -0.483. The molecule has 1 fully saturated rings. The summed E-state index contributed by atoms with van der Waals surface area (Å²) >= 11 is 0. The van der Waals surface area contributed by atoms with Gasteiger partial charge in [0.05, 0.1) is 6.61 Å². The lowest BCUT2D eigenvalue weighted by molar-refractivity contribution is -0.155. The number of benzene rings is 1. The lowest BCUT2D eigenvalue weighted by Gasteiger charge is -2.31. The van der Waals surface area contributed by atoms with Crippen LogP contribution in [0.15, 0.2) is 18.2 Å². The molecule has 0 atom stereocenters. The summed E-state index contributed by atoms with van der Waals surface area (Å²) in [6, 6.07) is 5.32. The summed E-state index contributed by atoms with van der Waals surface area (Å²) in [6.45, 7) is 3.81. The predicted octanol–water partition coefficient (Wildman–Crippen LogP) is 0.468. The summed E-state index contributed by atoms with van der Waals surface area (Å²) in [6.07, 6.45) is 0. The van der Waals surface area contributed by atoms with Gasteiger partial charge in [-0.1, -0.05) is 0 Å². The number of ether oxygens (including phenoxy) is 1. The Morgan fingerprint density at radius 3 is 2.70 bits per heavy atom. The van der Waals surface area contributed by atoms with Crippen molar-refractivity contribution in [1.82, 2.24) is 9.80 Å². The molecule has 20 heavy (non-hydrogen) atoms. The number of amides is 2. The zero-order valence-corrected chi connectivity index (χ0v) is 11.8. The van der Waals surface area contributed by atoms with Crippen molar-refractivity contribution in [3.05, 3.63) is 23.8 Å². The van der Waals surface area contributed by atoms with E-state index in [-0.39, 0.29) is 0 Å². The smallest absolute Gasteiger partial charge is 0.312 e. The normalized spacial score (nSPS) is 15.7. The van der Waals surface area contributed by atoms with E-state index in [1.807, 2.05) is 6.92 Å². The number of anilines is 1. The van der Waals surface area contributed by atoms with Crippen molar-refractivity contribution in [3.8, 4) is 5.75 Å². The predicted molar refractivity (Wildman–Crippen MR) is 75.1 cm³/mol. The Morgan fingerprint density at radius 2 is 2.00 bits per heavy atom. The number of piperazine rings is 1. The Morgan fingerprint density at radius 1 is 1.25 bits per heavy atom. The first-order chi connectivity index (χ1) is 9.52. The van der Waals surface area contributed by atoms with E-state index in [1.165, 1.54) is 9.80 Å². The van der Waals surface area contributed by atoms with E-state index >= 15 is 0 Å². The number of hydrogen-bond donors (Lipinski definition) is 1. The van der Waals surface area contributed by atoms with Crippen LogP contribution in [-0.2, 0) is 16.1 Å². The van der Waals surface area contributed by atoms with E-state index < -0.39 is 11.8 Å². The maximum atomic E-state index is 12.0. The van der Waals surface area contributed by atoms with Crippen LogP contribution < -0.4 is 10.5 Å². The molecular formula is C14H19N3O3. The lowest BCUT2D eigenvalue weighted by Crippen LogP contribution is -2.52. The summed E-state index contributed by atoms with van der Waals surface area (Å²) in [5, 5.41) is 0. The molecule has 1 aliphatic rings. The van der Waals surface area contributed by atoms with Gasteiger partial charge in [-0.25, -0.2) is 0 Å². The number of nitrogens with zero attached hydrogens (tertiary/aromatic N) is 2. The second-order valence-corrected chi connectivity index (χ2v) is 4.75. The number of nitrogens with two attached hydrogens (primary N) is 1. The fourth-order valence-electron chi connectivity index (χ4n) is 2.15. The standard InChI is InChI=1S/C14H19N3O3/c1-3-20-12-5-4-11(15)8-10(12)9-17-7-6-16(2)13(18)14(17)19/h4-5,8H,3,6-7,9,15H2,1-2H3. The van der Waals surface area contributed by atoms with E-state index in [0.29, 0.717) is 37.7 Å². The molecule has 2 N–H and O–H groups in total. The van der Waals surface area contributed by atoms with E-state index in [2.05, 4.69) is 0 Å². The van der Waals surface area contributed by atoms with E-state index in [1.54, 1.807) is 25.2 Å². The van der Waals surface area contributed by atoms with Crippen LogP contribution in [0.4, 0.5) is 5.69 Å². The molecule has 1 aromatic rings. The molecule has 1 aliphatic heterocycles. The van der Waals surface area contributed by atoms with Gasteiger partial charge in [-0.2, -0.15) is 0 Å². The number of likely N-dealkylation sites (N-methyl/N-ethyl adjacent to an activating group) is 1. The Hall–Kier alpha value is -2.24. The maximum Gasteiger partial charge on any atom is 0.312 e. The summed E-state index contributed by atoms with van der Waals surface area (Å²) < 4.78 is 5.53. The summed E-state index contributed by atoms with van der Waals surface area (Å²) in [7, 11) is 1.63. The highest BCUT2D eigenvalue weighted by atomic mass is 16.5. The highest BCUT2D eigenvalue weighted by Crippen LogP contribution is 2.23. The highest BCUT2D eigenvalue weighted by molar-refractivity contribution is 6.35. The molecule has 0 aromatic heterocycles. The third kappa shape index (κ3) is 2.84. The van der Waals surface area contributed by atoms with E-state index in [9.17, 15) is 9.59 Å². The largest absolute Gasteiger partial charge is 0.494 e. The van der Waals surface area contributed by atoms with Gasteiger partial charge in [0, 0.05) is 37.9 Å². The van der Waals surface area contributed by atoms with Crippen molar-refractivity contribution in [3.63, 3.8) is 0 Å². The first-order valence-corrected chi connectivity index (χ1v) is 6.58. The monoisotopic (exact) mass is 277 g/mol. The molecular weight excluding hydrogens is 258 g/mol. The Labute approximate surface area is 118 Å². The number of carbonyl (C=O) groups is 2. The van der Waals surface area contributed by atoms with Crippen molar-refractivity contribution in [2.24, 2.45) is 0 Å². The van der Waals surface area contributed by atoms with Crippen molar-refractivity contribution < 1.29 is 14.3 Å². The average Bonchev–Trinajstić information content (AvgIpc) is 2.42. The summed E-state index contributed by atoms with van der Waals surface area (Å²) in [4.78, 5) is 26.6. The second kappa shape index (κ2) is 5.81. The molecule has 0 bridgehead atoms. The van der Waals surface area contributed by atoms with Gasteiger partial charge in [0.2, 0.25) is 0 Å². The van der Waals surface area contributed by atoms with Crippen LogP contribution in [0.1, 0.15) is 12.5 Å². The topological polar surface area (TPSA) is 75.9 Å². The Kier molecular flexibility index (Phi) is 4.12. The van der Waals surface area contributed by atoms with Gasteiger partial charge >= 0.3 is 11.8 Å². The first kappa shape index (κ1) is 14.2. The molecule has 0 unspecified atom stereocenters. The van der Waals surface area contributed by atoms with Gasteiger partial charge in [-0.3, -0.25) is 9.59 Å². The fourth-order valence-corrected chi connectivity index (χ4v) is 2.15. The molecule has 0 aliphatic carbocycles. The lowest BCUT2D eigenvalue weighted by atomic mass is 10.1. The van der Waals surface area contributed by atoms with Crippen molar-refractivity contribution in [1.29, 1.82) is 0 Å². The first-order valence-electron chi connectivity index (χ1n) is 6.58. The summed E-state index contributed by atoms with van der Waals surface area (Å²) in [5.41, 5.74) is 7.20. The molecule has 1 heterocycles. The molecule has 0 radical (unpaired) electrons. The van der Waals surface area contributed by atoms with Crippen LogP contribution in [0.5, 0.6) is 5.75 Å². The molecule has 108 valence electrons. The van der Waals surface area contributed by atoms with Gasteiger partial charge in [-0.05, 0) is 25.1 Å². The number of carbonyl (C=O) groups excluding carboxylic acids is 2. The SMILES string of the molecule is CCOc1ccc(N)cc1CN1CCN(C)C(=O)C1=O. The van der Waals surface area contributed by atoms with Crippen LogP contribution in [0.3, 0.4) is 0 Å². The van der Waals surface area contributed by atoms with E-state index in [4.69, 9.17) is 10.5 Å². The minimum absolute atomic E-state index is 0.332. The summed E-state index contributed by atoms with van der Waals surface area (Å²) in [5.74, 6) is -0.261. The number of hydrogen-bond acceptors (Lipinski definition) is 4. The number of nitrogen functional groups attached to an aromatic ring is 1. The molecule has 2 rings (SSSR count). The van der Waals surface area contributed by atoms with Gasteiger partial charge in [0.15, 0.2) is 0 Å². The number of rotatable bonds is 4. The minimum Gasteiger partial charge on any atom is -0.494 e.